The van der Waals surface area contributed by atoms with Gasteiger partial charge in [-0.25, -0.2) is 8.42 Å². The summed E-state index contributed by atoms with van der Waals surface area (Å²) < 4.78 is 32.7. The minimum absolute atomic E-state index is 0.144. The molecule has 0 radical (unpaired) electrons. The van der Waals surface area contributed by atoms with Crippen molar-refractivity contribution in [2.45, 2.75) is 45.6 Å². The Morgan fingerprint density at radius 3 is 2.38 bits per heavy atom. The first-order valence-electron chi connectivity index (χ1n) is 8.10. The lowest BCUT2D eigenvalue weighted by Gasteiger charge is -2.21. The number of sulfonamides is 1. The Kier molecular flexibility index (Phi) is 7.92. The number of hydrogen-bond donors (Lipinski definition) is 2. The molecule has 24 heavy (non-hydrogen) atoms. The summed E-state index contributed by atoms with van der Waals surface area (Å²) in [4.78, 5) is 0.144. The Labute approximate surface area is 150 Å². The molecule has 136 valence electrons. The second kappa shape index (κ2) is 9.19. The number of anilines is 1. The standard InChI is InChI=1S/C16H27N3O3S2/c1-6-19(7-2)24(20,21)15-11-13(9-10-14(15)22-8-3)18-16(23)17-12(4)5/h9-12H,6-8H2,1-5H3,(H2,17,18,23). The third kappa shape index (κ3) is 5.32. The van der Waals surface area contributed by atoms with Gasteiger partial charge in [0.1, 0.15) is 10.6 Å². The van der Waals surface area contributed by atoms with Crippen molar-refractivity contribution in [3.05, 3.63) is 18.2 Å². The minimum Gasteiger partial charge on any atom is -0.492 e. The fraction of sp³-hybridized carbons (Fsp3) is 0.562. The van der Waals surface area contributed by atoms with Gasteiger partial charge >= 0.3 is 0 Å². The number of rotatable bonds is 8. The number of hydrogen-bond acceptors (Lipinski definition) is 4. The zero-order valence-electron chi connectivity index (χ0n) is 14.9. The molecule has 0 spiro atoms. The SMILES string of the molecule is CCOc1ccc(NC(=S)NC(C)C)cc1S(=O)(=O)N(CC)CC. The van der Waals surface area contributed by atoms with Gasteiger partial charge in [-0.05, 0) is 51.2 Å². The molecule has 0 aliphatic rings. The van der Waals surface area contributed by atoms with Crippen molar-refractivity contribution in [2.24, 2.45) is 0 Å². The summed E-state index contributed by atoms with van der Waals surface area (Å²) in [6.45, 7) is 10.6. The number of nitrogens with zero attached hydrogens (tertiary/aromatic N) is 1. The molecule has 0 aliphatic heterocycles. The van der Waals surface area contributed by atoms with E-state index in [1.807, 2.05) is 34.6 Å². The third-order valence-corrected chi connectivity index (χ3v) is 5.54. The van der Waals surface area contributed by atoms with Crippen molar-refractivity contribution in [3.8, 4) is 5.75 Å². The highest BCUT2D eigenvalue weighted by atomic mass is 32.2. The van der Waals surface area contributed by atoms with Crippen LogP contribution in [0.2, 0.25) is 0 Å². The van der Waals surface area contributed by atoms with Crippen LogP contribution in [0.5, 0.6) is 5.75 Å². The van der Waals surface area contributed by atoms with Crippen LogP contribution in [0.4, 0.5) is 5.69 Å². The van der Waals surface area contributed by atoms with Crippen LogP contribution in [-0.4, -0.2) is 43.6 Å². The van der Waals surface area contributed by atoms with E-state index in [1.165, 1.54) is 4.31 Å². The van der Waals surface area contributed by atoms with Crippen LogP contribution in [0.3, 0.4) is 0 Å². The molecule has 8 heteroatoms. The van der Waals surface area contributed by atoms with Crippen LogP contribution in [0.1, 0.15) is 34.6 Å². The second-order valence-corrected chi connectivity index (χ2v) is 7.75. The zero-order valence-corrected chi connectivity index (χ0v) is 16.6. The summed E-state index contributed by atoms with van der Waals surface area (Å²) in [5.41, 5.74) is 0.599. The van der Waals surface area contributed by atoms with E-state index in [9.17, 15) is 8.42 Å². The van der Waals surface area contributed by atoms with Gasteiger partial charge in [0, 0.05) is 24.8 Å². The molecule has 0 bridgehead atoms. The van der Waals surface area contributed by atoms with Crippen molar-refractivity contribution in [1.82, 2.24) is 9.62 Å². The Bertz CT molecular complexity index is 657. The van der Waals surface area contributed by atoms with Gasteiger partial charge in [-0.15, -0.1) is 0 Å². The molecule has 1 aromatic carbocycles. The van der Waals surface area contributed by atoms with Crippen molar-refractivity contribution >= 4 is 33.0 Å². The third-order valence-electron chi connectivity index (χ3n) is 3.24. The van der Waals surface area contributed by atoms with E-state index in [4.69, 9.17) is 17.0 Å². The summed E-state index contributed by atoms with van der Waals surface area (Å²) >= 11 is 5.22. The van der Waals surface area contributed by atoms with Crippen LogP contribution < -0.4 is 15.4 Å². The minimum atomic E-state index is -3.63. The molecule has 2 N–H and O–H groups in total. The largest absolute Gasteiger partial charge is 0.492 e. The van der Waals surface area contributed by atoms with E-state index in [2.05, 4.69) is 10.6 Å². The first-order chi connectivity index (χ1) is 11.3. The summed E-state index contributed by atoms with van der Waals surface area (Å²) in [5.74, 6) is 0.345. The van der Waals surface area contributed by atoms with Gasteiger partial charge in [0.05, 0.1) is 6.61 Å². The lowest BCUT2D eigenvalue weighted by Crippen LogP contribution is -2.34. The molecule has 0 aliphatic carbocycles. The maximum Gasteiger partial charge on any atom is 0.246 e. The summed E-state index contributed by atoms with van der Waals surface area (Å²) in [6.07, 6.45) is 0. The van der Waals surface area contributed by atoms with E-state index in [-0.39, 0.29) is 10.9 Å². The Hall–Kier alpha value is -1.38. The highest BCUT2D eigenvalue weighted by Crippen LogP contribution is 2.30. The first-order valence-corrected chi connectivity index (χ1v) is 9.95. The molecular formula is C16H27N3O3S2. The number of ether oxygens (including phenoxy) is 1. The molecule has 0 atom stereocenters. The summed E-state index contributed by atoms with van der Waals surface area (Å²) in [7, 11) is -3.63. The molecule has 1 aromatic rings. The first kappa shape index (κ1) is 20.7. The molecule has 0 fully saturated rings. The molecule has 0 unspecified atom stereocenters. The highest BCUT2D eigenvalue weighted by molar-refractivity contribution is 7.89. The van der Waals surface area contributed by atoms with E-state index in [1.54, 1.807) is 18.2 Å². The molecule has 0 heterocycles. The molecule has 6 nitrogen and oxygen atoms in total. The van der Waals surface area contributed by atoms with Crippen molar-refractivity contribution < 1.29 is 13.2 Å². The lowest BCUT2D eigenvalue weighted by atomic mass is 10.3. The Morgan fingerprint density at radius 2 is 1.88 bits per heavy atom. The van der Waals surface area contributed by atoms with Crippen LogP contribution >= 0.6 is 12.2 Å². The predicted octanol–water partition coefficient (Wildman–Crippen LogP) is 2.81. The van der Waals surface area contributed by atoms with Gasteiger partial charge < -0.3 is 15.4 Å². The van der Waals surface area contributed by atoms with Crippen molar-refractivity contribution in [1.29, 1.82) is 0 Å². The van der Waals surface area contributed by atoms with Crippen LogP contribution in [0.25, 0.3) is 0 Å². The average Bonchev–Trinajstić information content (AvgIpc) is 2.49. The van der Waals surface area contributed by atoms with Crippen LogP contribution in [0, 0.1) is 0 Å². The normalized spacial score (nSPS) is 11.6. The van der Waals surface area contributed by atoms with Crippen molar-refractivity contribution in [2.75, 3.05) is 25.0 Å². The Morgan fingerprint density at radius 1 is 1.25 bits per heavy atom. The number of nitrogens with one attached hydrogen (secondary N) is 2. The van der Waals surface area contributed by atoms with Gasteiger partial charge in [-0.3, -0.25) is 0 Å². The van der Waals surface area contributed by atoms with E-state index < -0.39 is 10.0 Å². The monoisotopic (exact) mass is 373 g/mol. The topological polar surface area (TPSA) is 70.7 Å². The lowest BCUT2D eigenvalue weighted by molar-refractivity contribution is 0.329. The van der Waals surface area contributed by atoms with Gasteiger partial charge in [0.15, 0.2) is 5.11 Å². The molecule has 0 saturated heterocycles. The Balaban J connectivity index is 3.25. The van der Waals surface area contributed by atoms with Gasteiger partial charge in [0.25, 0.3) is 0 Å². The molecule has 1 rings (SSSR count). The molecule has 0 aromatic heterocycles. The second-order valence-electron chi connectivity index (χ2n) is 5.44. The highest BCUT2D eigenvalue weighted by Gasteiger charge is 2.26. The van der Waals surface area contributed by atoms with Crippen molar-refractivity contribution in [3.63, 3.8) is 0 Å². The van der Waals surface area contributed by atoms with Gasteiger partial charge in [0.2, 0.25) is 10.0 Å². The summed E-state index contributed by atoms with van der Waals surface area (Å²) in [6, 6.07) is 5.15. The molecule has 0 amide bonds. The van der Waals surface area contributed by atoms with Crippen LogP contribution in [0.15, 0.2) is 23.1 Å². The van der Waals surface area contributed by atoms with Crippen LogP contribution in [-0.2, 0) is 10.0 Å². The fourth-order valence-electron chi connectivity index (χ4n) is 2.19. The van der Waals surface area contributed by atoms with Gasteiger partial charge in [-0.1, -0.05) is 13.8 Å². The maximum atomic E-state index is 12.9. The van der Waals surface area contributed by atoms with E-state index >= 15 is 0 Å². The van der Waals surface area contributed by atoms with E-state index in [0.717, 1.165) is 0 Å². The number of thiocarbonyl (C=S) groups is 1. The predicted molar refractivity (Wildman–Crippen MR) is 102 cm³/mol. The number of benzene rings is 1. The summed E-state index contributed by atoms with van der Waals surface area (Å²) in [5, 5.41) is 6.52. The smallest absolute Gasteiger partial charge is 0.246 e. The fourth-order valence-corrected chi connectivity index (χ4v) is 4.16. The zero-order chi connectivity index (χ0) is 18.3. The molecule has 0 saturated carbocycles. The van der Waals surface area contributed by atoms with E-state index in [0.29, 0.717) is 36.2 Å². The maximum absolute atomic E-state index is 12.9. The van der Waals surface area contributed by atoms with Gasteiger partial charge in [-0.2, -0.15) is 4.31 Å². The molecular weight excluding hydrogens is 346 g/mol. The quantitative estimate of drug-likeness (QED) is 0.683. The average molecular weight is 374 g/mol.